The van der Waals surface area contributed by atoms with E-state index >= 15 is 0 Å². The van der Waals surface area contributed by atoms with Crippen molar-refractivity contribution >= 4 is 11.1 Å². The Morgan fingerprint density at radius 2 is 1.64 bits per heavy atom. The second kappa shape index (κ2) is 8.16. The van der Waals surface area contributed by atoms with Gasteiger partial charge in [-0.1, -0.05) is 74.2 Å². The summed E-state index contributed by atoms with van der Waals surface area (Å²) in [5.41, 5.74) is 10.1. The van der Waals surface area contributed by atoms with Crippen molar-refractivity contribution in [3.05, 3.63) is 95.1 Å². The lowest BCUT2D eigenvalue weighted by Crippen LogP contribution is -2.02. The van der Waals surface area contributed by atoms with Crippen LogP contribution in [0.15, 0.2) is 67.3 Å². The van der Waals surface area contributed by atoms with Gasteiger partial charge in [0.2, 0.25) is 0 Å². The Balaban J connectivity index is 2.09. The SMILES string of the molecule is C=C(C/C=C(\C)c1ccc(C)c(C)c1)C(C)C(=C)c1ccccc1C. The fraction of sp³-hybridized carbons (Fsp3) is 0.280. The molecule has 0 spiro atoms. The molecule has 130 valence electrons. The highest BCUT2D eigenvalue weighted by molar-refractivity contribution is 5.70. The van der Waals surface area contributed by atoms with Crippen LogP contribution in [0, 0.1) is 26.7 Å². The zero-order valence-corrected chi connectivity index (χ0v) is 16.3. The molecule has 0 fully saturated rings. The molecule has 0 nitrogen and oxygen atoms in total. The second-order valence-corrected chi connectivity index (χ2v) is 7.11. The molecular formula is C25H30. The first-order valence-electron chi connectivity index (χ1n) is 8.98. The maximum absolute atomic E-state index is 4.33. The Kier molecular flexibility index (Phi) is 6.20. The predicted molar refractivity (Wildman–Crippen MR) is 113 cm³/mol. The molecule has 0 bridgehead atoms. The predicted octanol–water partition coefficient (Wildman–Crippen LogP) is 7.31. The van der Waals surface area contributed by atoms with Gasteiger partial charge in [0.25, 0.3) is 0 Å². The summed E-state index contributed by atoms with van der Waals surface area (Å²) in [5.74, 6) is 0.268. The molecule has 1 unspecified atom stereocenters. The van der Waals surface area contributed by atoms with Gasteiger partial charge in [-0.05, 0) is 73.1 Å². The number of benzene rings is 2. The average Bonchev–Trinajstić information content (AvgIpc) is 2.60. The monoisotopic (exact) mass is 330 g/mol. The molecule has 0 saturated heterocycles. The normalized spacial score (nSPS) is 12.8. The van der Waals surface area contributed by atoms with Gasteiger partial charge in [0.05, 0.1) is 0 Å². The minimum Gasteiger partial charge on any atom is -0.0989 e. The first-order valence-corrected chi connectivity index (χ1v) is 8.98. The van der Waals surface area contributed by atoms with E-state index in [2.05, 4.69) is 96.3 Å². The van der Waals surface area contributed by atoms with Crippen LogP contribution in [0.2, 0.25) is 0 Å². The molecule has 0 saturated carbocycles. The molecule has 0 radical (unpaired) electrons. The summed E-state index contributed by atoms with van der Waals surface area (Å²) < 4.78 is 0. The van der Waals surface area contributed by atoms with Crippen LogP contribution in [-0.2, 0) is 0 Å². The fourth-order valence-electron chi connectivity index (χ4n) is 2.98. The fourth-order valence-corrected chi connectivity index (χ4v) is 2.98. The van der Waals surface area contributed by atoms with Gasteiger partial charge < -0.3 is 0 Å². The molecule has 1 atom stereocenters. The molecule has 25 heavy (non-hydrogen) atoms. The van der Waals surface area contributed by atoms with Crippen LogP contribution < -0.4 is 0 Å². The van der Waals surface area contributed by atoms with Gasteiger partial charge in [0.1, 0.15) is 0 Å². The van der Waals surface area contributed by atoms with Gasteiger partial charge in [-0.2, -0.15) is 0 Å². The minimum absolute atomic E-state index is 0.268. The minimum atomic E-state index is 0.268. The van der Waals surface area contributed by atoms with E-state index in [0.717, 1.165) is 12.0 Å². The van der Waals surface area contributed by atoms with Gasteiger partial charge in [-0.25, -0.2) is 0 Å². The molecular weight excluding hydrogens is 300 g/mol. The lowest BCUT2D eigenvalue weighted by molar-refractivity contribution is 0.859. The van der Waals surface area contributed by atoms with E-state index in [0.29, 0.717) is 0 Å². The maximum Gasteiger partial charge on any atom is 0.00203 e. The number of allylic oxidation sites excluding steroid dienone is 4. The first kappa shape index (κ1) is 19.0. The Bertz CT molecular complexity index is 818. The van der Waals surface area contributed by atoms with Gasteiger partial charge in [-0.3, -0.25) is 0 Å². The second-order valence-electron chi connectivity index (χ2n) is 7.11. The largest absolute Gasteiger partial charge is 0.0989 e. The van der Waals surface area contributed by atoms with Crippen LogP contribution in [-0.4, -0.2) is 0 Å². The highest BCUT2D eigenvalue weighted by atomic mass is 14.2. The quantitative estimate of drug-likeness (QED) is 0.487. The van der Waals surface area contributed by atoms with Crippen LogP contribution in [0.4, 0.5) is 0 Å². The molecule has 2 aromatic rings. The van der Waals surface area contributed by atoms with E-state index in [-0.39, 0.29) is 5.92 Å². The molecule has 0 N–H and O–H groups in total. The summed E-state index contributed by atoms with van der Waals surface area (Å²) in [6.45, 7) is 19.5. The zero-order chi connectivity index (χ0) is 18.6. The van der Waals surface area contributed by atoms with E-state index in [4.69, 9.17) is 0 Å². The van der Waals surface area contributed by atoms with E-state index in [1.165, 1.54) is 39.0 Å². The van der Waals surface area contributed by atoms with Crippen LogP contribution in [0.25, 0.3) is 11.1 Å². The van der Waals surface area contributed by atoms with Crippen molar-refractivity contribution in [2.45, 2.75) is 41.0 Å². The highest BCUT2D eigenvalue weighted by Gasteiger charge is 2.13. The summed E-state index contributed by atoms with van der Waals surface area (Å²) in [5, 5.41) is 0. The molecule has 0 aliphatic carbocycles. The zero-order valence-electron chi connectivity index (χ0n) is 16.3. The van der Waals surface area contributed by atoms with E-state index < -0.39 is 0 Å². The summed E-state index contributed by atoms with van der Waals surface area (Å²) in [4.78, 5) is 0. The van der Waals surface area contributed by atoms with E-state index in [1.807, 2.05) is 0 Å². The van der Waals surface area contributed by atoms with Crippen molar-refractivity contribution < 1.29 is 0 Å². The van der Waals surface area contributed by atoms with Crippen LogP contribution in [0.3, 0.4) is 0 Å². The number of rotatable bonds is 6. The van der Waals surface area contributed by atoms with Crippen molar-refractivity contribution in [3.8, 4) is 0 Å². The van der Waals surface area contributed by atoms with Gasteiger partial charge in [0, 0.05) is 5.92 Å². The Morgan fingerprint density at radius 3 is 2.28 bits per heavy atom. The third-order valence-electron chi connectivity index (χ3n) is 5.26. The summed E-state index contributed by atoms with van der Waals surface area (Å²) in [7, 11) is 0. The number of hydrogen-bond acceptors (Lipinski definition) is 0. The molecule has 0 heteroatoms. The van der Waals surface area contributed by atoms with Crippen molar-refractivity contribution in [1.29, 1.82) is 0 Å². The van der Waals surface area contributed by atoms with Gasteiger partial charge in [-0.15, -0.1) is 0 Å². The van der Waals surface area contributed by atoms with Crippen molar-refractivity contribution in [2.24, 2.45) is 5.92 Å². The van der Waals surface area contributed by atoms with Crippen molar-refractivity contribution in [1.82, 2.24) is 0 Å². The summed E-state index contributed by atoms with van der Waals surface area (Å²) in [6, 6.07) is 15.1. The Hall–Kier alpha value is -2.34. The van der Waals surface area contributed by atoms with Crippen molar-refractivity contribution in [2.75, 3.05) is 0 Å². The standard InChI is InChI=1S/C25H30/c1-17-14-15-24(16-21(17)5)19(3)13-12-18(2)22(6)23(7)25-11-9-8-10-20(25)4/h8-11,13-16,22H,2,7,12H2,1,3-6H3/b19-13+. The Morgan fingerprint density at radius 1 is 0.960 bits per heavy atom. The van der Waals surface area contributed by atoms with E-state index in [9.17, 15) is 0 Å². The molecule has 0 heterocycles. The topological polar surface area (TPSA) is 0 Å². The smallest absolute Gasteiger partial charge is 0.00203 e. The number of aryl methyl sites for hydroxylation is 3. The lowest BCUT2D eigenvalue weighted by atomic mass is 9.86. The maximum atomic E-state index is 4.33. The first-order chi connectivity index (χ1) is 11.8. The molecule has 0 amide bonds. The van der Waals surface area contributed by atoms with Gasteiger partial charge >= 0.3 is 0 Å². The lowest BCUT2D eigenvalue weighted by Gasteiger charge is -2.19. The molecule has 0 aliphatic rings. The molecule has 2 aromatic carbocycles. The van der Waals surface area contributed by atoms with Crippen molar-refractivity contribution in [3.63, 3.8) is 0 Å². The highest BCUT2D eigenvalue weighted by Crippen LogP contribution is 2.31. The third kappa shape index (κ3) is 4.60. The summed E-state index contributed by atoms with van der Waals surface area (Å²) >= 11 is 0. The molecule has 0 aromatic heterocycles. The van der Waals surface area contributed by atoms with Gasteiger partial charge in [0.15, 0.2) is 0 Å². The van der Waals surface area contributed by atoms with E-state index in [1.54, 1.807) is 0 Å². The molecule has 2 rings (SSSR count). The van der Waals surface area contributed by atoms with Crippen LogP contribution >= 0.6 is 0 Å². The third-order valence-corrected chi connectivity index (χ3v) is 5.26. The van der Waals surface area contributed by atoms with Crippen LogP contribution in [0.1, 0.15) is 48.1 Å². The Labute approximate surface area is 153 Å². The van der Waals surface area contributed by atoms with Crippen LogP contribution in [0.5, 0.6) is 0 Å². The summed E-state index contributed by atoms with van der Waals surface area (Å²) in [6.07, 6.45) is 3.17. The molecule has 0 aliphatic heterocycles. The number of hydrogen-bond donors (Lipinski definition) is 0. The average molecular weight is 331 g/mol.